The standard InChI is InChI=1S/C27H33N3O8.HNO3/c1-26(37)13-7-6-8-16(31)17(13)21(32)18-14(26)11-15-20(29(2)3)22(33)19(24(35)27(15,38)23(18)34)25(36)28-12-30-9-4-5-10-30;2-1(3)4/h6-8,14-15,20,31,33-34,37-38H,4-5,9-12H2,1-3H3,(H,28,36);(H,2,3,4)/t14-,15+,20-,26+,27-;/m0./s1. The highest BCUT2D eigenvalue weighted by Gasteiger charge is 2.65. The Labute approximate surface area is 240 Å². The maximum atomic E-state index is 13.8. The number of aliphatic hydroxyl groups excluding tert-OH is 2. The van der Waals surface area contributed by atoms with E-state index >= 15 is 0 Å². The monoisotopic (exact) mass is 590 g/mol. The van der Waals surface area contributed by atoms with E-state index in [9.17, 15) is 39.9 Å². The minimum absolute atomic E-state index is 0.143. The van der Waals surface area contributed by atoms with Crippen molar-refractivity contribution in [3.05, 3.63) is 62.1 Å². The zero-order chi connectivity index (χ0) is 31.3. The quantitative estimate of drug-likeness (QED) is 0.140. The Kier molecular flexibility index (Phi) is 8.08. The fourth-order valence-corrected chi connectivity index (χ4v) is 6.70. The molecule has 42 heavy (non-hydrogen) atoms. The number of hydrogen-bond donors (Lipinski definition) is 7. The molecule has 1 heterocycles. The summed E-state index contributed by atoms with van der Waals surface area (Å²) in [6, 6.07) is 3.16. The lowest BCUT2D eigenvalue weighted by Crippen LogP contribution is -2.65. The van der Waals surface area contributed by atoms with Gasteiger partial charge in [-0.15, -0.1) is 10.1 Å². The molecule has 0 aromatic heterocycles. The zero-order valence-electron chi connectivity index (χ0n) is 23.3. The summed E-state index contributed by atoms with van der Waals surface area (Å²) in [7, 11) is 3.18. The van der Waals surface area contributed by atoms with E-state index in [0.29, 0.717) is 0 Å². The van der Waals surface area contributed by atoms with Crippen LogP contribution >= 0.6 is 0 Å². The Hall–Kier alpha value is -4.05. The molecule has 0 unspecified atom stereocenters. The molecule has 4 aliphatic rings. The van der Waals surface area contributed by atoms with Gasteiger partial charge in [0.1, 0.15) is 22.8 Å². The number of amides is 1. The predicted octanol–water partition coefficient (Wildman–Crippen LogP) is 0.122. The Balaban J connectivity index is 0.000000952. The summed E-state index contributed by atoms with van der Waals surface area (Å²) in [5.41, 5.74) is -5.65. The average molecular weight is 591 g/mol. The molecule has 0 spiro atoms. The van der Waals surface area contributed by atoms with Crippen LogP contribution in [0.1, 0.15) is 42.1 Å². The van der Waals surface area contributed by atoms with Crippen molar-refractivity contribution in [2.45, 2.75) is 43.4 Å². The lowest BCUT2D eigenvalue weighted by atomic mass is 9.55. The number of carbonyl (C=O) groups is 3. The van der Waals surface area contributed by atoms with Crippen molar-refractivity contribution in [2.75, 3.05) is 33.9 Å². The molecule has 1 saturated heterocycles. The van der Waals surface area contributed by atoms with E-state index in [4.69, 9.17) is 15.3 Å². The highest BCUT2D eigenvalue weighted by molar-refractivity contribution is 6.25. The first-order chi connectivity index (χ1) is 19.6. The van der Waals surface area contributed by atoms with Crippen LogP contribution in [-0.4, -0.2) is 109 Å². The molecule has 3 aliphatic carbocycles. The number of hydrogen-bond acceptors (Lipinski definition) is 12. The minimum atomic E-state index is -2.72. The lowest BCUT2D eigenvalue weighted by molar-refractivity contribution is -0.742. The molecular weight excluding hydrogens is 556 g/mol. The Morgan fingerprint density at radius 1 is 1.17 bits per heavy atom. The number of benzene rings is 1. The van der Waals surface area contributed by atoms with Gasteiger partial charge in [-0.2, -0.15) is 0 Å². The number of likely N-dealkylation sites (tertiary alicyclic amines) is 1. The maximum absolute atomic E-state index is 13.8. The van der Waals surface area contributed by atoms with Gasteiger partial charge in [0.05, 0.1) is 23.9 Å². The molecule has 7 N–H and O–H groups in total. The Morgan fingerprint density at radius 2 is 1.76 bits per heavy atom. The molecule has 15 heteroatoms. The fourth-order valence-electron chi connectivity index (χ4n) is 6.70. The average Bonchev–Trinajstić information content (AvgIpc) is 3.41. The molecule has 0 radical (unpaired) electrons. The molecule has 228 valence electrons. The van der Waals surface area contributed by atoms with Crippen molar-refractivity contribution in [3.63, 3.8) is 0 Å². The number of aliphatic hydroxyl groups is 4. The summed E-state index contributed by atoms with van der Waals surface area (Å²) in [6.07, 6.45) is 1.78. The molecular formula is C27H34N4O11. The number of nitrogens with one attached hydrogen (secondary N) is 1. The van der Waals surface area contributed by atoms with Gasteiger partial charge in [0.15, 0.2) is 11.4 Å². The van der Waals surface area contributed by atoms with Crippen LogP contribution in [0.15, 0.2) is 40.9 Å². The number of fused-ring (bicyclic) bond motifs is 3. The van der Waals surface area contributed by atoms with Gasteiger partial charge in [-0.05, 0) is 65.0 Å². The number of phenolic OH excluding ortho intramolecular Hbond substituents is 1. The summed E-state index contributed by atoms with van der Waals surface area (Å²) in [5.74, 6) is -7.17. The predicted molar refractivity (Wildman–Crippen MR) is 143 cm³/mol. The van der Waals surface area contributed by atoms with Gasteiger partial charge in [-0.1, -0.05) is 12.1 Å². The number of Topliss-reactive ketones (excluding diaryl/α,β-unsaturated/α-hetero) is 2. The van der Waals surface area contributed by atoms with Crippen LogP contribution < -0.4 is 5.32 Å². The second-order valence-corrected chi connectivity index (χ2v) is 11.3. The number of likely N-dealkylation sites (N-methyl/N-ethyl adjacent to an activating group) is 1. The van der Waals surface area contributed by atoms with Crippen molar-refractivity contribution in [2.24, 2.45) is 11.8 Å². The normalized spacial score (nSPS) is 30.8. The molecule has 0 saturated carbocycles. The van der Waals surface area contributed by atoms with Gasteiger partial charge < -0.3 is 36.1 Å². The van der Waals surface area contributed by atoms with E-state index in [2.05, 4.69) is 5.32 Å². The molecule has 15 nitrogen and oxygen atoms in total. The minimum Gasteiger partial charge on any atom is -0.510 e. The van der Waals surface area contributed by atoms with E-state index in [-0.39, 0.29) is 24.2 Å². The van der Waals surface area contributed by atoms with Gasteiger partial charge >= 0.3 is 0 Å². The third-order valence-electron chi connectivity index (χ3n) is 8.66. The number of aromatic hydroxyl groups is 1. The second-order valence-electron chi connectivity index (χ2n) is 11.3. The van der Waals surface area contributed by atoms with Crippen LogP contribution in [0.25, 0.3) is 0 Å². The van der Waals surface area contributed by atoms with Crippen LogP contribution in [0.5, 0.6) is 5.75 Å². The third-order valence-corrected chi connectivity index (χ3v) is 8.66. The number of nitrogens with zero attached hydrogens (tertiary/aromatic N) is 3. The summed E-state index contributed by atoms with van der Waals surface area (Å²) < 4.78 is 0. The summed E-state index contributed by atoms with van der Waals surface area (Å²) in [4.78, 5) is 52.4. The highest BCUT2D eigenvalue weighted by atomic mass is 16.9. The van der Waals surface area contributed by atoms with E-state index < -0.39 is 80.1 Å². The molecule has 5 atom stereocenters. The molecule has 1 aliphatic heterocycles. The largest absolute Gasteiger partial charge is 0.510 e. The van der Waals surface area contributed by atoms with Crippen molar-refractivity contribution < 1.29 is 50.2 Å². The van der Waals surface area contributed by atoms with Crippen LogP contribution in [0.2, 0.25) is 0 Å². The molecule has 1 aromatic carbocycles. The molecule has 5 rings (SSSR count). The van der Waals surface area contributed by atoms with Crippen LogP contribution in [0.4, 0.5) is 0 Å². The lowest BCUT2D eigenvalue weighted by Gasteiger charge is -2.52. The van der Waals surface area contributed by atoms with E-state index in [1.54, 1.807) is 14.1 Å². The van der Waals surface area contributed by atoms with Gasteiger partial charge in [0, 0.05) is 17.4 Å². The van der Waals surface area contributed by atoms with Crippen LogP contribution in [0.3, 0.4) is 0 Å². The molecule has 1 amide bonds. The van der Waals surface area contributed by atoms with E-state index in [1.807, 2.05) is 4.90 Å². The van der Waals surface area contributed by atoms with Gasteiger partial charge in [-0.3, -0.25) is 24.2 Å². The van der Waals surface area contributed by atoms with Crippen molar-refractivity contribution >= 4 is 17.5 Å². The van der Waals surface area contributed by atoms with E-state index in [1.165, 1.54) is 30.0 Å². The summed E-state index contributed by atoms with van der Waals surface area (Å²) in [6.45, 7) is 3.12. The van der Waals surface area contributed by atoms with Gasteiger partial charge in [-0.25, -0.2) is 0 Å². The SMILES string of the molecule is CN(C)[C@@H]1C(O)=C(C(=O)NCN2CCCC2)C(=O)[C@@]2(O)C(O)=C3C(=O)c4c(O)cccc4[C@@](C)(O)[C@H]3C[C@H]12.O=[N+]([O-])O. The number of ketones is 2. The summed E-state index contributed by atoms with van der Waals surface area (Å²) >= 11 is 0. The highest BCUT2D eigenvalue weighted by Crippen LogP contribution is 2.56. The van der Waals surface area contributed by atoms with Crippen molar-refractivity contribution in [3.8, 4) is 5.75 Å². The van der Waals surface area contributed by atoms with Crippen molar-refractivity contribution in [1.29, 1.82) is 0 Å². The number of carbonyl (C=O) groups excluding carboxylic acids is 3. The molecule has 1 aromatic rings. The van der Waals surface area contributed by atoms with Crippen molar-refractivity contribution in [1.82, 2.24) is 15.1 Å². The molecule has 0 bridgehead atoms. The van der Waals surface area contributed by atoms with Crippen LogP contribution in [0, 0.1) is 22.0 Å². The first-order valence-corrected chi connectivity index (χ1v) is 13.3. The number of phenols is 1. The number of rotatable bonds is 4. The first-order valence-electron chi connectivity index (χ1n) is 13.3. The van der Waals surface area contributed by atoms with Gasteiger partial charge in [0.2, 0.25) is 5.78 Å². The third kappa shape index (κ3) is 4.77. The zero-order valence-corrected chi connectivity index (χ0v) is 23.3. The smallest absolute Gasteiger partial charge is 0.291 e. The Bertz CT molecular complexity index is 1390. The second kappa shape index (κ2) is 11.0. The fraction of sp³-hybridized carbons (Fsp3) is 0.519. The summed E-state index contributed by atoms with van der Waals surface area (Å²) in [5, 5.41) is 72.9. The maximum Gasteiger partial charge on any atom is 0.291 e. The van der Waals surface area contributed by atoms with Crippen LogP contribution in [-0.2, 0) is 15.2 Å². The van der Waals surface area contributed by atoms with E-state index in [0.717, 1.165) is 25.9 Å². The Morgan fingerprint density at radius 3 is 2.33 bits per heavy atom. The topological polar surface area (TPSA) is 234 Å². The first kappa shape index (κ1) is 30.9. The molecule has 1 fully saturated rings. The van der Waals surface area contributed by atoms with Gasteiger partial charge in [0.25, 0.3) is 11.0 Å².